The first kappa shape index (κ1) is 14.7. The first-order valence-corrected chi connectivity index (χ1v) is 8.02. The molecule has 21 heavy (non-hydrogen) atoms. The maximum Gasteiger partial charge on any atom is 0.0604 e. The number of hydrogen-bond donors (Lipinski definition) is 1. The molecule has 116 valence electrons. The van der Waals surface area contributed by atoms with Crippen LogP contribution in [0, 0.1) is 5.41 Å². The van der Waals surface area contributed by atoms with Crippen molar-refractivity contribution in [2.45, 2.75) is 12.8 Å². The van der Waals surface area contributed by atoms with Crippen molar-refractivity contribution in [2.75, 3.05) is 63.3 Å². The van der Waals surface area contributed by atoms with Crippen molar-refractivity contribution in [1.82, 2.24) is 5.32 Å². The molecule has 1 saturated heterocycles. The molecule has 0 spiro atoms. The molecule has 0 amide bonds. The summed E-state index contributed by atoms with van der Waals surface area (Å²) in [6.45, 7) is 6.21. The van der Waals surface area contributed by atoms with E-state index in [0.717, 1.165) is 52.2 Å². The Morgan fingerprint density at radius 1 is 1.14 bits per heavy atom. The molecule has 2 aliphatic rings. The SMILES string of the molecule is CNCC1(CN2CCN(C)c3ccccc32)CCOCC1. The molecule has 2 aliphatic heterocycles. The third-order valence-corrected chi connectivity index (χ3v) is 4.97. The number of anilines is 2. The average Bonchev–Trinajstić information content (AvgIpc) is 2.52. The van der Waals surface area contributed by atoms with E-state index >= 15 is 0 Å². The highest BCUT2D eigenvalue weighted by Crippen LogP contribution is 2.37. The van der Waals surface area contributed by atoms with Gasteiger partial charge in [-0.1, -0.05) is 12.1 Å². The Labute approximate surface area is 128 Å². The molecule has 0 radical (unpaired) electrons. The molecule has 1 N–H and O–H groups in total. The van der Waals surface area contributed by atoms with Gasteiger partial charge >= 0.3 is 0 Å². The summed E-state index contributed by atoms with van der Waals surface area (Å²) in [5, 5.41) is 3.41. The van der Waals surface area contributed by atoms with E-state index in [4.69, 9.17) is 4.74 Å². The first-order chi connectivity index (χ1) is 10.2. The zero-order valence-corrected chi connectivity index (χ0v) is 13.3. The van der Waals surface area contributed by atoms with Gasteiger partial charge in [0.25, 0.3) is 0 Å². The highest BCUT2D eigenvalue weighted by Gasteiger charge is 2.35. The van der Waals surface area contributed by atoms with Gasteiger partial charge in [-0.25, -0.2) is 0 Å². The Hall–Kier alpha value is -1.26. The molecule has 3 rings (SSSR count). The molecule has 0 saturated carbocycles. The monoisotopic (exact) mass is 289 g/mol. The molecule has 0 bridgehead atoms. The highest BCUT2D eigenvalue weighted by atomic mass is 16.5. The first-order valence-electron chi connectivity index (χ1n) is 8.02. The van der Waals surface area contributed by atoms with Crippen LogP contribution >= 0.6 is 0 Å². The lowest BCUT2D eigenvalue weighted by molar-refractivity contribution is 0.0192. The lowest BCUT2D eigenvalue weighted by Gasteiger charge is -2.45. The fourth-order valence-electron chi connectivity index (χ4n) is 3.71. The lowest BCUT2D eigenvalue weighted by Crippen LogP contribution is -2.50. The zero-order valence-electron chi connectivity index (χ0n) is 13.3. The van der Waals surface area contributed by atoms with Gasteiger partial charge in [0.2, 0.25) is 0 Å². The minimum atomic E-state index is 0.343. The van der Waals surface area contributed by atoms with Crippen LogP contribution in [0.25, 0.3) is 0 Å². The predicted molar refractivity (Wildman–Crippen MR) is 88.3 cm³/mol. The van der Waals surface area contributed by atoms with Crippen molar-refractivity contribution in [3.8, 4) is 0 Å². The molecule has 1 aromatic carbocycles. The highest BCUT2D eigenvalue weighted by molar-refractivity contribution is 5.73. The average molecular weight is 289 g/mol. The number of para-hydroxylation sites is 2. The van der Waals surface area contributed by atoms with E-state index in [1.807, 2.05) is 0 Å². The number of nitrogens with one attached hydrogen (secondary N) is 1. The molecule has 0 atom stereocenters. The number of likely N-dealkylation sites (N-methyl/N-ethyl adjacent to an activating group) is 1. The van der Waals surface area contributed by atoms with E-state index in [9.17, 15) is 0 Å². The van der Waals surface area contributed by atoms with Crippen LogP contribution in [0.4, 0.5) is 11.4 Å². The topological polar surface area (TPSA) is 27.7 Å². The molecular weight excluding hydrogens is 262 g/mol. The smallest absolute Gasteiger partial charge is 0.0604 e. The van der Waals surface area contributed by atoms with Crippen LogP contribution < -0.4 is 15.1 Å². The van der Waals surface area contributed by atoms with Gasteiger partial charge in [-0.05, 0) is 32.0 Å². The number of benzene rings is 1. The second-order valence-corrected chi connectivity index (χ2v) is 6.47. The minimum Gasteiger partial charge on any atom is -0.381 e. The van der Waals surface area contributed by atoms with Crippen LogP contribution in [0.2, 0.25) is 0 Å². The normalized spacial score (nSPS) is 21.2. The van der Waals surface area contributed by atoms with Crippen molar-refractivity contribution in [3.05, 3.63) is 24.3 Å². The summed E-state index contributed by atoms with van der Waals surface area (Å²) in [7, 11) is 4.25. The largest absolute Gasteiger partial charge is 0.381 e. The molecule has 4 heteroatoms. The summed E-state index contributed by atoms with van der Waals surface area (Å²) in [4.78, 5) is 4.94. The third kappa shape index (κ3) is 3.01. The summed E-state index contributed by atoms with van der Waals surface area (Å²) >= 11 is 0. The van der Waals surface area contributed by atoms with E-state index < -0.39 is 0 Å². The van der Waals surface area contributed by atoms with Gasteiger partial charge in [0.1, 0.15) is 0 Å². The fraction of sp³-hybridized carbons (Fsp3) is 0.647. The van der Waals surface area contributed by atoms with Crippen molar-refractivity contribution in [1.29, 1.82) is 0 Å². The van der Waals surface area contributed by atoms with Gasteiger partial charge in [0.05, 0.1) is 11.4 Å². The third-order valence-electron chi connectivity index (χ3n) is 4.97. The summed E-state index contributed by atoms with van der Waals surface area (Å²) in [6, 6.07) is 8.78. The molecule has 0 unspecified atom stereocenters. The number of rotatable bonds is 4. The molecule has 0 aliphatic carbocycles. The van der Waals surface area contributed by atoms with Crippen molar-refractivity contribution >= 4 is 11.4 Å². The summed E-state index contributed by atoms with van der Waals surface area (Å²) in [6.07, 6.45) is 2.31. The zero-order chi connectivity index (χ0) is 14.7. The Morgan fingerprint density at radius 2 is 1.86 bits per heavy atom. The number of fused-ring (bicyclic) bond motifs is 1. The Kier molecular flexibility index (Phi) is 4.36. The van der Waals surface area contributed by atoms with E-state index in [1.165, 1.54) is 11.4 Å². The Bertz CT molecular complexity index is 465. The minimum absolute atomic E-state index is 0.343. The Balaban J connectivity index is 1.82. The second-order valence-electron chi connectivity index (χ2n) is 6.47. The molecule has 1 aromatic rings. The van der Waals surface area contributed by atoms with Gasteiger partial charge in [0.15, 0.2) is 0 Å². The quantitative estimate of drug-likeness (QED) is 0.917. The second kappa shape index (κ2) is 6.24. The fourth-order valence-corrected chi connectivity index (χ4v) is 3.71. The van der Waals surface area contributed by atoms with Crippen molar-refractivity contribution in [3.63, 3.8) is 0 Å². The Morgan fingerprint density at radius 3 is 2.57 bits per heavy atom. The summed E-state index contributed by atoms with van der Waals surface area (Å²) in [5.41, 5.74) is 3.08. The summed E-state index contributed by atoms with van der Waals surface area (Å²) in [5.74, 6) is 0. The van der Waals surface area contributed by atoms with Gasteiger partial charge in [-0.15, -0.1) is 0 Å². The van der Waals surface area contributed by atoms with Crippen LogP contribution in [-0.2, 0) is 4.74 Å². The van der Waals surface area contributed by atoms with Crippen molar-refractivity contribution < 1.29 is 4.74 Å². The molecule has 1 fully saturated rings. The van der Waals surface area contributed by atoms with Crippen LogP contribution in [0.5, 0.6) is 0 Å². The number of hydrogen-bond acceptors (Lipinski definition) is 4. The van der Waals surface area contributed by atoms with Crippen LogP contribution in [-0.4, -0.2) is 53.5 Å². The van der Waals surface area contributed by atoms with Gasteiger partial charge in [-0.3, -0.25) is 0 Å². The van der Waals surface area contributed by atoms with Gasteiger partial charge < -0.3 is 19.9 Å². The molecule has 2 heterocycles. The molecular formula is C17H27N3O. The van der Waals surface area contributed by atoms with E-state index in [1.54, 1.807) is 0 Å². The van der Waals surface area contributed by atoms with E-state index in [-0.39, 0.29) is 0 Å². The van der Waals surface area contributed by atoms with Gasteiger partial charge in [0, 0.05) is 51.9 Å². The molecule has 4 nitrogen and oxygen atoms in total. The predicted octanol–water partition coefficient (Wildman–Crippen LogP) is 1.96. The standard InChI is InChI=1S/C17H27N3O/c1-18-13-17(7-11-21-12-8-17)14-20-10-9-19(2)15-5-3-4-6-16(15)20/h3-6,18H,7-14H2,1-2H3. The maximum atomic E-state index is 5.59. The van der Waals surface area contributed by atoms with E-state index in [0.29, 0.717) is 5.41 Å². The maximum absolute atomic E-state index is 5.59. The summed E-state index contributed by atoms with van der Waals surface area (Å²) < 4.78 is 5.59. The van der Waals surface area contributed by atoms with Gasteiger partial charge in [-0.2, -0.15) is 0 Å². The van der Waals surface area contributed by atoms with E-state index in [2.05, 4.69) is 53.5 Å². The van der Waals surface area contributed by atoms with Crippen LogP contribution in [0.3, 0.4) is 0 Å². The van der Waals surface area contributed by atoms with Crippen molar-refractivity contribution in [2.24, 2.45) is 5.41 Å². The van der Waals surface area contributed by atoms with Crippen LogP contribution in [0.15, 0.2) is 24.3 Å². The lowest BCUT2D eigenvalue weighted by atomic mass is 9.79. The number of ether oxygens (including phenoxy) is 1. The van der Waals surface area contributed by atoms with Crippen LogP contribution in [0.1, 0.15) is 12.8 Å². The molecule has 0 aromatic heterocycles. The number of nitrogens with zero attached hydrogens (tertiary/aromatic N) is 2.